The van der Waals surface area contributed by atoms with Crippen LogP contribution >= 0.6 is 0 Å². The Hall–Kier alpha value is -2.67. The molecule has 0 saturated heterocycles. The van der Waals surface area contributed by atoms with Crippen LogP contribution in [0.4, 0.5) is 0 Å². The number of hydrogen-bond donors (Lipinski definition) is 1. The molecule has 0 bridgehead atoms. The topological polar surface area (TPSA) is 70.0 Å². The van der Waals surface area contributed by atoms with Crippen molar-refractivity contribution >= 4 is 17.4 Å². The van der Waals surface area contributed by atoms with Gasteiger partial charge in [-0.3, -0.25) is 14.9 Å². The fourth-order valence-corrected chi connectivity index (χ4v) is 1.24. The van der Waals surface area contributed by atoms with E-state index in [2.05, 4.69) is 11.9 Å². The minimum atomic E-state index is -0.344. The van der Waals surface area contributed by atoms with E-state index in [1.807, 2.05) is 18.2 Å². The van der Waals surface area contributed by atoms with E-state index in [-0.39, 0.29) is 11.8 Å². The molecule has 4 nitrogen and oxygen atoms in total. The van der Waals surface area contributed by atoms with E-state index >= 15 is 0 Å². The fraction of sp³-hybridized carbons (Fsp3) is 0. The third-order valence-electron chi connectivity index (χ3n) is 1.93. The molecule has 0 atom stereocenters. The minimum absolute atomic E-state index is 0.323. The third kappa shape index (κ3) is 3.43. The quantitative estimate of drug-likeness (QED) is 0.581. The van der Waals surface area contributed by atoms with Gasteiger partial charge in [-0.05, 0) is 5.56 Å². The summed E-state index contributed by atoms with van der Waals surface area (Å²) in [5.74, 6) is -0.667. The van der Waals surface area contributed by atoms with Crippen LogP contribution in [0.2, 0.25) is 0 Å². The first-order valence-electron chi connectivity index (χ1n) is 4.82. The molecule has 4 heteroatoms. The molecule has 1 aliphatic rings. The fourth-order valence-electron chi connectivity index (χ4n) is 1.24. The van der Waals surface area contributed by atoms with Gasteiger partial charge in [-0.1, -0.05) is 36.9 Å². The predicted octanol–water partition coefficient (Wildman–Crippen LogP) is 1.42. The number of rotatable bonds is 1. The zero-order chi connectivity index (χ0) is 12.7. The second kappa shape index (κ2) is 6.03. The summed E-state index contributed by atoms with van der Waals surface area (Å²) >= 11 is 0. The first-order chi connectivity index (χ1) is 8.19. The van der Waals surface area contributed by atoms with Gasteiger partial charge in [0, 0.05) is 12.2 Å². The average molecular weight is 226 g/mol. The maximum atomic E-state index is 11.2. The average Bonchev–Trinajstić information content (AvgIpc) is 2.70. The number of nitrogens with one attached hydrogen (secondary N) is 1. The Kier molecular flexibility index (Phi) is 4.40. The molecular weight excluding hydrogens is 216 g/mol. The molecule has 17 heavy (non-hydrogen) atoms. The molecule has 1 heterocycles. The van der Waals surface area contributed by atoms with E-state index in [1.165, 1.54) is 12.2 Å². The van der Waals surface area contributed by atoms with Crippen LogP contribution in [-0.4, -0.2) is 11.8 Å². The lowest BCUT2D eigenvalue weighted by molar-refractivity contribution is -0.123. The number of nitrogens with zero attached hydrogens (tertiary/aromatic N) is 1. The van der Waals surface area contributed by atoms with Crippen molar-refractivity contribution in [2.24, 2.45) is 0 Å². The van der Waals surface area contributed by atoms with Gasteiger partial charge in [-0.25, -0.2) is 0 Å². The van der Waals surface area contributed by atoms with Crippen molar-refractivity contribution in [3.05, 3.63) is 54.6 Å². The van der Waals surface area contributed by atoms with Crippen molar-refractivity contribution in [2.45, 2.75) is 0 Å². The second-order valence-electron chi connectivity index (χ2n) is 3.08. The molecule has 1 N–H and O–H groups in total. The van der Waals surface area contributed by atoms with E-state index < -0.39 is 0 Å². The van der Waals surface area contributed by atoms with Crippen molar-refractivity contribution in [3.63, 3.8) is 0 Å². The summed E-state index contributed by atoms with van der Waals surface area (Å²) in [4.78, 5) is 22.0. The van der Waals surface area contributed by atoms with Crippen molar-refractivity contribution in [1.29, 1.82) is 5.26 Å². The predicted molar refractivity (Wildman–Crippen MR) is 63.4 cm³/mol. The van der Waals surface area contributed by atoms with Crippen LogP contribution in [0.5, 0.6) is 0 Å². The molecule has 1 aromatic carbocycles. The standard InChI is InChI=1S/C10H7NO2.C3H3N/c12-9-6-8(10(13)11-9)7-4-2-1-3-5-7;1-2-3-4/h1-6H,(H,11,12,13);2H,1H2. The van der Waals surface area contributed by atoms with Crippen molar-refractivity contribution in [2.75, 3.05) is 0 Å². The van der Waals surface area contributed by atoms with Crippen LogP contribution in [0.1, 0.15) is 5.56 Å². The Labute approximate surface area is 98.9 Å². The largest absolute Gasteiger partial charge is 0.289 e. The highest BCUT2D eigenvalue weighted by Gasteiger charge is 2.21. The lowest BCUT2D eigenvalue weighted by Gasteiger charge is -1.97. The summed E-state index contributed by atoms with van der Waals surface area (Å²) in [6, 6.07) is 10.8. The number of hydrogen-bond acceptors (Lipinski definition) is 3. The number of allylic oxidation sites excluding steroid dienone is 1. The summed E-state index contributed by atoms with van der Waals surface area (Å²) in [6.07, 6.45) is 2.50. The lowest BCUT2D eigenvalue weighted by Crippen LogP contribution is -2.21. The van der Waals surface area contributed by atoms with E-state index in [1.54, 1.807) is 18.2 Å². The molecule has 1 aliphatic heterocycles. The first-order valence-corrected chi connectivity index (χ1v) is 4.82. The molecule has 1 aromatic rings. The zero-order valence-electron chi connectivity index (χ0n) is 9.01. The van der Waals surface area contributed by atoms with E-state index in [4.69, 9.17) is 5.26 Å². The van der Waals surface area contributed by atoms with Crippen LogP contribution in [0, 0.1) is 11.3 Å². The molecule has 2 amide bonds. The van der Waals surface area contributed by atoms with Crippen LogP contribution in [-0.2, 0) is 9.59 Å². The van der Waals surface area contributed by atoms with Gasteiger partial charge in [0.2, 0.25) is 0 Å². The highest BCUT2D eigenvalue weighted by Crippen LogP contribution is 2.16. The highest BCUT2D eigenvalue weighted by molar-refractivity contribution is 6.33. The Balaban J connectivity index is 0.000000317. The Morgan fingerprint density at radius 2 is 1.82 bits per heavy atom. The van der Waals surface area contributed by atoms with Gasteiger partial charge in [0.05, 0.1) is 11.6 Å². The van der Waals surface area contributed by atoms with Crippen LogP contribution in [0.15, 0.2) is 49.1 Å². The number of imide groups is 1. The normalized spacial score (nSPS) is 12.8. The molecule has 0 radical (unpaired) electrons. The number of nitriles is 1. The zero-order valence-corrected chi connectivity index (χ0v) is 9.01. The van der Waals surface area contributed by atoms with Crippen molar-refractivity contribution in [3.8, 4) is 6.07 Å². The van der Waals surface area contributed by atoms with Crippen molar-refractivity contribution < 1.29 is 9.59 Å². The van der Waals surface area contributed by atoms with Gasteiger partial charge in [0.25, 0.3) is 11.8 Å². The minimum Gasteiger partial charge on any atom is -0.289 e. The van der Waals surface area contributed by atoms with E-state index in [0.29, 0.717) is 5.57 Å². The molecule has 84 valence electrons. The number of carbonyl (C=O) groups is 2. The maximum Gasteiger partial charge on any atom is 0.258 e. The molecule has 0 aliphatic carbocycles. The van der Waals surface area contributed by atoms with Gasteiger partial charge in [0.1, 0.15) is 0 Å². The van der Waals surface area contributed by atoms with Gasteiger partial charge < -0.3 is 0 Å². The SMILES string of the molecule is C=CC#N.O=C1C=C(c2ccccc2)C(=O)N1. The van der Waals surface area contributed by atoms with Crippen molar-refractivity contribution in [1.82, 2.24) is 5.32 Å². The molecular formula is C13H10N2O2. The second-order valence-corrected chi connectivity index (χ2v) is 3.08. The molecule has 0 spiro atoms. The van der Waals surface area contributed by atoms with Gasteiger partial charge in [-0.2, -0.15) is 5.26 Å². The monoisotopic (exact) mass is 226 g/mol. The lowest BCUT2D eigenvalue weighted by atomic mass is 10.1. The highest BCUT2D eigenvalue weighted by atomic mass is 16.2. The smallest absolute Gasteiger partial charge is 0.258 e. The molecule has 2 rings (SSSR count). The summed E-state index contributed by atoms with van der Waals surface area (Å²) in [6.45, 7) is 3.12. The number of carbonyl (C=O) groups excluding carboxylic acids is 2. The van der Waals surface area contributed by atoms with Crippen LogP contribution in [0.3, 0.4) is 0 Å². The Morgan fingerprint density at radius 1 is 1.24 bits per heavy atom. The summed E-state index contributed by atoms with van der Waals surface area (Å²) in [5, 5.41) is 9.70. The molecule has 0 saturated carbocycles. The van der Waals surface area contributed by atoms with E-state index in [9.17, 15) is 9.59 Å². The van der Waals surface area contributed by atoms with E-state index in [0.717, 1.165) is 5.56 Å². The molecule has 0 aromatic heterocycles. The summed E-state index contributed by atoms with van der Waals surface area (Å²) < 4.78 is 0. The number of amides is 2. The molecule has 0 unspecified atom stereocenters. The third-order valence-corrected chi connectivity index (χ3v) is 1.93. The Morgan fingerprint density at radius 3 is 2.24 bits per heavy atom. The van der Waals surface area contributed by atoms with Gasteiger partial charge in [-0.15, -0.1) is 0 Å². The van der Waals surface area contributed by atoms with Gasteiger partial charge >= 0.3 is 0 Å². The summed E-state index contributed by atoms with van der Waals surface area (Å²) in [5.41, 5.74) is 1.21. The molecule has 0 fully saturated rings. The number of benzene rings is 1. The Bertz CT molecular complexity index is 510. The van der Waals surface area contributed by atoms with Crippen LogP contribution < -0.4 is 5.32 Å². The van der Waals surface area contributed by atoms with Crippen LogP contribution in [0.25, 0.3) is 5.57 Å². The van der Waals surface area contributed by atoms with Gasteiger partial charge in [0.15, 0.2) is 0 Å². The first kappa shape index (κ1) is 12.4. The summed E-state index contributed by atoms with van der Waals surface area (Å²) in [7, 11) is 0. The maximum absolute atomic E-state index is 11.2.